The average Bonchev–Trinajstić information content (AvgIpc) is 3.11. The zero-order valence-corrected chi connectivity index (χ0v) is 13.9. The van der Waals surface area contributed by atoms with Crippen LogP contribution in [-0.2, 0) is 0 Å². The number of para-hydroxylation sites is 2. The molecule has 0 radical (unpaired) electrons. The fourth-order valence-electron chi connectivity index (χ4n) is 2.29. The van der Waals surface area contributed by atoms with Crippen molar-refractivity contribution in [1.29, 1.82) is 0 Å². The van der Waals surface area contributed by atoms with Gasteiger partial charge in [-0.1, -0.05) is 17.2 Å². The van der Waals surface area contributed by atoms with Gasteiger partial charge in [-0.3, -0.25) is 0 Å². The monoisotopic (exact) mass is 343 g/mol. The summed E-state index contributed by atoms with van der Waals surface area (Å²) in [6, 6.07) is 10.3. The molecule has 0 aliphatic heterocycles. The van der Waals surface area contributed by atoms with Crippen LogP contribution < -0.4 is 19.5 Å². The molecule has 1 heterocycles. The molecule has 0 saturated carbocycles. The second-order valence-electron chi connectivity index (χ2n) is 4.97. The quantitative estimate of drug-likeness (QED) is 0.658. The van der Waals surface area contributed by atoms with Gasteiger partial charge in [-0.05, 0) is 24.3 Å². The van der Waals surface area contributed by atoms with E-state index in [0.717, 1.165) is 0 Å². The number of hydrogen-bond donors (Lipinski definition) is 2. The minimum Gasteiger partial charge on any atom is -0.506 e. The minimum atomic E-state index is 0.0787. The summed E-state index contributed by atoms with van der Waals surface area (Å²) in [5.41, 5.74) is 1.06. The molecule has 0 spiro atoms. The van der Waals surface area contributed by atoms with Gasteiger partial charge in [-0.25, -0.2) is 0 Å². The second kappa shape index (κ2) is 7.00. The van der Waals surface area contributed by atoms with Crippen LogP contribution in [0.15, 0.2) is 40.8 Å². The summed E-state index contributed by atoms with van der Waals surface area (Å²) in [5.74, 6) is 1.77. The van der Waals surface area contributed by atoms with Crippen molar-refractivity contribution in [3.8, 4) is 34.5 Å². The molecule has 3 rings (SSSR count). The highest BCUT2D eigenvalue weighted by Crippen LogP contribution is 2.41. The van der Waals surface area contributed by atoms with E-state index < -0.39 is 0 Å². The number of aromatic hydroxyl groups is 1. The molecule has 2 N–H and O–H groups in total. The number of aromatic nitrogens is 2. The Hall–Kier alpha value is -3.42. The van der Waals surface area contributed by atoms with Gasteiger partial charge in [0.05, 0.1) is 27.0 Å². The molecule has 130 valence electrons. The van der Waals surface area contributed by atoms with Gasteiger partial charge < -0.3 is 29.1 Å². The number of phenols is 1. The molecular formula is C17H17N3O5. The number of phenolic OH excluding ortho intramolecular Hbond substituents is 1. The van der Waals surface area contributed by atoms with E-state index in [1.165, 1.54) is 21.3 Å². The molecule has 0 aliphatic carbocycles. The average molecular weight is 343 g/mol. The lowest BCUT2D eigenvalue weighted by atomic mass is 10.2. The first-order chi connectivity index (χ1) is 12.2. The molecule has 8 nitrogen and oxygen atoms in total. The molecule has 8 heteroatoms. The number of nitrogens with one attached hydrogen (secondary N) is 1. The number of nitrogens with zero attached hydrogens (tertiary/aromatic N) is 2. The Morgan fingerprint density at radius 2 is 1.64 bits per heavy atom. The number of hydrogen-bond acceptors (Lipinski definition) is 8. The van der Waals surface area contributed by atoms with Crippen LogP contribution in [0, 0.1) is 0 Å². The van der Waals surface area contributed by atoms with Crippen LogP contribution in [0.4, 0.5) is 11.7 Å². The lowest BCUT2D eigenvalue weighted by Crippen LogP contribution is -1.95. The number of rotatable bonds is 6. The van der Waals surface area contributed by atoms with Crippen LogP contribution in [0.1, 0.15) is 0 Å². The van der Waals surface area contributed by atoms with E-state index in [9.17, 15) is 5.11 Å². The molecule has 2 aromatic carbocycles. The smallest absolute Gasteiger partial charge is 0.320 e. The van der Waals surface area contributed by atoms with E-state index in [-0.39, 0.29) is 17.7 Å². The van der Waals surface area contributed by atoms with Crippen molar-refractivity contribution in [2.45, 2.75) is 0 Å². The van der Waals surface area contributed by atoms with Crippen LogP contribution in [0.2, 0.25) is 0 Å². The predicted molar refractivity (Wildman–Crippen MR) is 90.8 cm³/mol. The van der Waals surface area contributed by atoms with Crippen molar-refractivity contribution < 1.29 is 23.7 Å². The van der Waals surface area contributed by atoms with Gasteiger partial charge in [0.25, 0.3) is 0 Å². The van der Waals surface area contributed by atoms with E-state index in [1.807, 2.05) is 0 Å². The SMILES string of the molecule is COc1cc(-c2nnc(Nc3ccccc3O)o2)cc(OC)c1OC. The van der Waals surface area contributed by atoms with Gasteiger partial charge in [0.2, 0.25) is 11.6 Å². The fourth-order valence-corrected chi connectivity index (χ4v) is 2.29. The van der Waals surface area contributed by atoms with E-state index in [1.54, 1.807) is 36.4 Å². The third-order valence-corrected chi connectivity index (χ3v) is 3.48. The fraction of sp³-hybridized carbons (Fsp3) is 0.176. The zero-order valence-electron chi connectivity index (χ0n) is 13.9. The Morgan fingerprint density at radius 1 is 0.960 bits per heavy atom. The van der Waals surface area contributed by atoms with Gasteiger partial charge in [0.15, 0.2) is 11.5 Å². The Balaban J connectivity index is 1.93. The molecule has 1 aromatic heterocycles. The Bertz CT molecular complexity index is 853. The summed E-state index contributed by atoms with van der Waals surface area (Å²) in [6.45, 7) is 0. The number of ether oxygens (including phenoxy) is 3. The van der Waals surface area contributed by atoms with E-state index in [2.05, 4.69) is 15.5 Å². The molecule has 0 aliphatic rings. The summed E-state index contributed by atoms with van der Waals surface area (Å²) in [5, 5.41) is 20.6. The predicted octanol–water partition coefficient (Wildman–Crippen LogP) is 3.21. The largest absolute Gasteiger partial charge is 0.506 e. The number of methoxy groups -OCH3 is 3. The van der Waals surface area contributed by atoms with E-state index in [0.29, 0.717) is 28.5 Å². The van der Waals surface area contributed by atoms with Crippen LogP contribution in [-0.4, -0.2) is 36.6 Å². The summed E-state index contributed by atoms with van der Waals surface area (Å²) < 4.78 is 21.5. The molecule has 0 unspecified atom stereocenters. The number of anilines is 2. The van der Waals surface area contributed by atoms with Crippen molar-refractivity contribution >= 4 is 11.7 Å². The van der Waals surface area contributed by atoms with Crippen molar-refractivity contribution in [2.24, 2.45) is 0 Å². The van der Waals surface area contributed by atoms with Crippen LogP contribution in [0.3, 0.4) is 0 Å². The lowest BCUT2D eigenvalue weighted by molar-refractivity contribution is 0.324. The van der Waals surface area contributed by atoms with Crippen molar-refractivity contribution in [3.63, 3.8) is 0 Å². The van der Waals surface area contributed by atoms with Gasteiger partial charge >= 0.3 is 6.01 Å². The Morgan fingerprint density at radius 3 is 2.24 bits per heavy atom. The summed E-state index contributed by atoms with van der Waals surface area (Å²) in [4.78, 5) is 0. The van der Waals surface area contributed by atoms with Gasteiger partial charge in [-0.2, -0.15) is 0 Å². The zero-order chi connectivity index (χ0) is 17.8. The van der Waals surface area contributed by atoms with Crippen molar-refractivity contribution in [2.75, 3.05) is 26.6 Å². The van der Waals surface area contributed by atoms with Crippen LogP contribution >= 0.6 is 0 Å². The molecule has 0 fully saturated rings. The minimum absolute atomic E-state index is 0.0787. The maximum Gasteiger partial charge on any atom is 0.320 e. The summed E-state index contributed by atoms with van der Waals surface area (Å²) >= 11 is 0. The molecule has 0 bridgehead atoms. The first kappa shape index (κ1) is 16.4. The first-order valence-electron chi connectivity index (χ1n) is 7.35. The van der Waals surface area contributed by atoms with Crippen LogP contribution in [0.25, 0.3) is 11.5 Å². The normalized spacial score (nSPS) is 10.4. The molecular weight excluding hydrogens is 326 g/mol. The molecule has 0 saturated heterocycles. The van der Waals surface area contributed by atoms with Gasteiger partial charge in [0.1, 0.15) is 5.75 Å². The lowest BCUT2D eigenvalue weighted by Gasteiger charge is -2.12. The maximum atomic E-state index is 9.79. The molecule has 25 heavy (non-hydrogen) atoms. The van der Waals surface area contributed by atoms with Crippen molar-refractivity contribution in [1.82, 2.24) is 10.2 Å². The molecule has 0 amide bonds. The highest BCUT2D eigenvalue weighted by molar-refractivity contribution is 5.67. The Labute approximate surface area is 144 Å². The van der Waals surface area contributed by atoms with E-state index >= 15 is 0 Å². The molecule has 3 aromatic rings. The highest BCUT2D eigenvalue weighted by Gasteiger charge is 2.17. The topological polar surface area (TPSA) is 98.9 Å². The van der Waals surface area contributed by atoms with Crippen LogP contribution in [0.5, 0.6) is 23.0 Å². The summed E-state index contributed by atoms with van der Waals surface area (Å²) in [6.07, 6.45) is 0. The standard InChI is InChI=1S/C17H17N3O5/c1-22-13-8-10(9-14(23-2)15(13)24-3)16-19-20-17(25-16)18-11-6-4-5-7-12(11)21/h4-9,21H,1-3H3,(H,18,20). The Kier molecular flexibility index (Phi) is 4.60. The van der Waals surface area contributed by atoms with Crippen molar-refractivity contribution in [3.05, 3.63) is 36.4 Å². The first-order valence-corrected chi connectivity index (χ1v) is 7.35. The highest BCUT2D eigenvalue weighted by atomic mass is 16.5. The summed E-state index contributed by atoms with van der Waals surface area (Å²) in [7, 11) is 4.58. The van der Waals surface area contributed by atoms with Gasteiger partial charge in [0, 0.05) is 5.56 Å². The molecule has 0 atom stereocenters. The third kappa shape index (κ3) is 3.27. The number of benzene rings is 2. The maximum absolute atomic E-state index is 9.79. The van der Waals surface area contributed by atoms with Gasteiger partial charge in [-0.15, -0.1) is 5.10 Å². The second-order valence-corrected chi connectivity index (χ2v) is 4.97. The third-order valence-electron chi connectivity index (χ3n) is 3.48. The van der Waals surface area contributed by atoms with E-state index in [4.69, 9.17) is 18.6 Å².